The summed E-state index contributed by atoms with van der Waals surface area (Å²) in [7, 11) is 0. The van der Waals surface area contributed by atoms with E-state index in [1.807, 2.05) is 11.8 Å². The van der Waals surface area contributed by atoms with Gasteiger partial charge in [0.05, 0.1) is 0 Å². The Balaban J connectivity index is 1.73. The normalized spacial score (nSPS) is 39.5. The summed E-state index contributed by atoms with van der Waals surface area (Å²) in [5, 5.41) is 0.811. The maximum absolute atomic E-state index is 12.1. The molecule has 0 aromatic rings. The van der Waals surface area contributed by atoms with Gasteiger partial charge in [0.1, 0.15) is 0 Å². The monoisotopic (exact) mass is 225 g/mol. The molecule has 2 nitrogen and oxygen atoms in total. The Bertz CT molecular complexity index is 263. The molecule has 0 aromatic heterocycles. The van der Waals surface area contributed by atoms with Gasteiger partial charge in [-0.05, 0) is 44.8 Å². The Morgan fingerprint density at radius 1 is 1.13 bits per heavy atom. The maximum Gasteiger partial charge on any atom is 0.226 e. The molecule has 2 bridgehead atoms. The van der Waals surface area contributed by atoms with Gasteiger partial charge >= 0.3 is 0 Å². The van der Waals surface area contributed by atoms with E-state index in [0.29, 0.717) is 23.9 Å². The van der Waals surface area contributed by atoms with Crippen molar-refractivity contribution in [1.29, 1.82) is 0 Å². The fourth-order valence-electron chi connectivity index (χ4n) is 3.22. The van der Waals surface area contributed by atoms with Crippen molar-refractivity contribution in [3.8, 4) is 0 Å². The standard InChI is InChI=1S/C12H19NOS/c1-15-11-6-9-4-5-10(7-11)13(9)12(14)8-2-3-8/h8-11H,2-7H2,1H3/t9-,10+,11?. The molecule has 0 radical (unpaired) electrons. The van der Waals surface area contributed by atoms with Crippen LogP contribution in [0.4, 0.5) is 0 Å². The highest BCUT2D eigenvalue weighted by molar-refractivity contribution is 7.99. The number of hydrogen-bond acceptors (Lipinski definition) is 2. The molecule has 3 heteroatoms. The summed E-state index contributed by atoms with van der Waals surface area (Å²) in [6.07, 6.45) is 9.54. The molecule has 1 unspecified atom stereocenters. The van der Waals surface area contributed by atoms with Crippen molar-refractivity contribution >= 4 is 17.7 Å². The van der Waals surface area contributed by atoms with Gasteiger partial charge in [-0.15, -0.1) is 0 Å². The predicted molar refractivity (Wildman–Crippen MR) is 62.9 cm³/mol. The van der Waals surface area contributed by atoms with Crippen molar-refractivity contribution in [1.82, 2.24) is 4.90 Å². The predicted octanol–water partition coefficient (Wildman–Crippen LogP) is 2.28. The third kappa shape index (κ3) is 1.69. The van der Waals surface area contributed by atoms with Gasteiger partial charge in [-0.3, -0.25) is 4.79 Å². The topological polar surface area (TPSA) is 20.3 Å². The van der Waals surface area contributed by atoms with E-state index in [1.54, 1.807) is 0 Å². The number of carbonyl (C=O) groups excluding carboxylic acids is 1. The van der Waals surface area contributed by atoms with Crippen LogP contribution in [0.2, 0.25) is 0 Å². The van der Waals surface area contributed by atoms with E-state index in [2.05, 4.69) is 11.2 Å². The van der Waals surface area contributed by atoms with Crippen LogP contribution in [-0.4, -0.2) is 34.4 Å². The first-order valence-corrected chi connectivity index (χ1v) is 7.43. The first-order valence-electron chi connectivity index (χ1n) is 6.14. The second-order valence-corrected chi connectivity index (χ2v) is 6.37. The van der Waals surface area contributed by atoms with E-state index < -0.39 is 0 Å². The summed E-state index contributed by atoms with van der Waals surface area (Å²) in [6, 6.07) is 1.18. The van der Waals surface area contributed by atoms with Crippen LogP contribution in [0.25, 0.3) is 0 Å². The van der Waals surface area contributed by atoms with Crippen LogP contribution in [0.3, 0.4) is 0 Å². The van der Waals surface area contributed by atoms with Crippen LogP contribution < -0.4 is 0 Å². The first-order chi connectivity index (χ1) is 7.29. The number of nitrogens with zero attached hydrogens (tertiary/aromatic N) is 1. The highest BCUT2D eigenvalue weighted by Crippen LogP contribution is 2.43. The Labute approximate surface area is 95.8 Å². The van der Waals surface area contributed by atoms with Crippen molar-refractivity contribution in [3.63, 3.8) is 0 Å². The fourth-order valence-corrected chi connectivity index (χ4v) is 4.05. The molecule has 84 valence electrons. The molecule has 1 amide bonds. The van der Waals surface area contributed by atoms with Crippen LogP contribution in [0.15, 0.2) is 0 Å². The van der Waals surface area contributed by atoms with E-state index >= 15 is 0 Å². The molecule has 1 saturated carbocycles. The Hall–Kier alpha value is -0.180. The molecule has 15 heavy (non-hydrogen) atoms. The summed E-state index contributed by atoms with van der Waals surface area (Å²) in [5.41, 5.74) is 0. The molecule has 1 aliphatic carbocycles. The Morgan fingerprint density at radius 2 is 1.73 bits per heavy atom. The lowest BCUT2D eigenvalue weighted by atomic mass is 10.0. The SMILES string of the molecule is CSC1C[C@H]2CC[C@@H](C1)N2C(=O)C1CC1. The first kappa shape index (κ1) is 10.0. The molecule has 2 heterocycles. The van der Waals surface area contributed by atoms with Gasteiger partial charge in [0.15, 0.2) is 0 Å². The van der Waals surface area contributed by atoms with Crippen LogP contribution in [0.5, 0.6) is 0 Å². The van der Waals surface area contributed by atoms with Crippen molar-refractivity contribution < 1.29 is 4.79 Å². The third-order valence-corrected chi connectivity index (χ3v) is 5.26. The second kappa shape index (κ2) is 3.69. The molecule has 0 spiro atoms. The van der Waals surface area contributed by atoms with E-state index in [9.17, 15) is 4.79 Å². The van der Waals surface area contributed by atoms with Gasteiger partial charge in [-0.2, -0.15) is 11.8 Å². The van der Waals surface area contributed by atoms with Crippen LogP contribution >= 0.6 is 11.8 Å². The minimum Gasteiger partial charge on any atom is -0.336 e. The summed E-state index contributed by atoms with van der Waals surface area (Å²) in [4.78, 5) is 14.4. The second-order valence-electron chi connectivity index (χ2n) is 5.23. The maximum atomic E-state index is 12.1. The van der Waals surface area contributed by atoms with E-state index in [1.165, 1.54) is 25.7 Å². The highest BCUT2D eigenvalue weighted by atomic mass is 32.2. The molecule has 2 aliphatic heterocycles. The van der Waals surface area contributed by atoms with Crippen molar-refractivity contribution in [2.75, 3.05) is 6.26 Å². The molecule has 0 N–H and O–H groups in total. The zero-order chi connectivity index (χ0) is 10.4. The van der Waals surface area contributed by atoms with Crippen LogP contribution in [-0.2, 0) is 4.79 Å². The van der Waals surface area contributed by atoms with Crippen molar-refractivity contribution in [2.24, 2.45) is 5.92 Å². The van der Waals surface area contributed by atoms with Gasteiger partial charge in [0.25, 0.3) is 0 Å². The molecule has 3 aliphatic rings. The summed E-state index contributed by atoms with van der Waals surface area (Å²) >= 11 is 1.99. The van der Waals surface area contributed by atoms with Gasteiger partial charge in [-0.1, -0.05) is 0 Å². The fraction of sp³-hybridized carbons (Fsp3) is 0.917. The number of amides is 1. The number of piperidine rings is 1. The smallest absolute Gasteiger partial charge is 0.226 e. The molecular weight excluding hydrogens is 206 g/mol. The third-order valence-electron chi connectivity index (χ3n) is 4.20. The lowest BCUT2D eigenvalue weighted by molar-refractivity contribution is -0.136. The van der Waals surface area contributed by atoms with E-state index in [-0.39, 0.29) is 0 Å². The lowest BCUT2D eigenvalue weighted by Gasteiger charge is -2.38. The van der Waals surface area contributed by atoms with Crippen molar-refractivity contribution in [2.45, 2.75) is 55.9 Å². The van der Waals surface area contributed by atoms with E-state index in [4.69, 9.17) is 0 Å². The van der Waals surface area contributed by atoms with Crippen LogP contribution in [0.1, 0.15) is 38.5 Å². The number of fused-ring (bicyclic) bond motifs is 2. The van der Waals surface area contributed by atoms with Gasteiger partial charge in [-0.25, -0.2) is 0 Å². The Kier molecular flexibility index (Phi) is 2.46. The van der Waals surface area contributed by atoms with Gasteiger partial charge in [0, 0.05) is 23.3 Å². The molecular formula is C12H19NOS. The largest absolute Gasteiger partial charge is 0.336 e. The number of thioether (sulfide) groups is 1. The zero-order valence-electron chi connectivity index (χ0n) is 9.32. The highest BCUT2D eigenvalue weighted by Gasteiger charge is 2.46. The molecule has 3 fully saturated rings. The average molecular weight is 225 g/mol. The number of hydrogen-bond donors (Lipinski definition) is 0. The van der Waals surface area contributed by atoms with Gasteiger partial charge < -0.3 is 4.90 Å². The number of rotatable bonds is 2. The molecule has 2 saturated heterocycles. The number of carbonyl (C=O) groups is 1. The Morgan fingerprint density at radius 3 is 2.20 bits per heavy atom. The zero-order valence-corrected chi connectivity index (χ0v) is 10.1. The quantitative estimate of drug-likeness (QED) is 0.718. The minimum absolute atomic E-state index is 0.416. The lowest BCUT2D eigenvalue weighted by Crippen LogP contribution is -2.47. The van der Waals surface area contributed by atoms with Crippen LogP contribution in [0, 0.1) is 5.92 Å². The summed E-state index contributed by atoms with van der Waals surface area (Å²) < 4.78 is 0. The average Bonchev–Trinajstić information content (AvgIpc) is 3.04. The summed E-state index contributed by atoms with van der Waals surface area (Å²) in [5.74, 6) is 0.904. The molecule has 0 aromatic carbocycles. The van der Waals surface area contributed by atoms with Crippen molar-refractivity contribution in [3.05, 3.63) is 0 Å². The van der Waals surface area contributed by atoms with Gasteiger partial charge in [0.2, 0.25) is 5.91 Å². The molecule has 3 atom stereocenters. The molecule has 3 rings (SSSR count). The van der Waals surface area contributed by atoms with E-state index in [0.717, 1.165) is 18.1 Å². The summed E-state index contributed by atoms with van der Waals surface area (Å²) in [6.45, 7) is 0. The minimum atomic E-state index is 0.416.